The number of nitrogens with two attached hydrogens (primary N) is 1. The minimum atomic E-state index is -5.00. The smallest absolute Gasteiger partial charge is 0.491 e. The predicted molar refractivity (Wildman–Crippen MR) is 61.3 cm³/mol. The van der Waals surface area contributed by atoms with Gasteiger partial charge < -0.3 is 19.9 Å². The van der Waals surface area contributed by atoms with Crippen molar-refractivity contribution in [2.45, 2.75) is 19.8 Å². The van der Waals surface area contributed by atoms with Crippen LogP contribution in [0.15, 0.2) is 6.20 Å². The number of alkyl halides is 3. The van der Waals surface area contributed by atoms with Crippen LogP contribution in [0.2, 0.25) is 0 Å². The van der Waals surface area contributed by atoms with Crippen molar-refractivity contribution in [3.63, 3.8) is 0 Å². The lowest BCUT2D eigenvalue weighted by atomic mass is 10.1. The van der Waals surface area contributed by atoms with Crippen LogP contribution in [-0.2, 0) is 11.3 Å². The summed E-state index contributed by atoms with van der Waals surface area (Å²) in [6.07, 6.45) is -4.01. The van der Waals surface area contributed by atoms with Gasteiger partial charge in [-0.15, -0.1) is 13.2 Å². The molecule has 2 N–H and O–H groups in total. The van der Waals surface area contributed by atoms with Crippen LogP contribution >= 0.6 is 0 Å². The van der Waals surface area contributed by atoms with E-state index in [9.17, 15) is 18.0 Å². The third-order valence-corrected chi connectivity index (χ3v) is 2.19. The Morgan fingerprint density at radius 1 is 1.45 bits per heavy atom. The molecule has 0 bridgehead atoms. The molecule has 0 spiro atoms. The van der Waals surface area contributed by atoms with E-state index in [1.54, 1.807) is 0 Å². The summed E-state index contributed by atoms with van der Waals surface area (Å²) >= 11 is 0. The highest BCUT2D eigenvalue weighted by atomic mass is 19.4. The van der Waals surface area contributed by atoms with Gasteiger partial charge in [-0.3, -0.25) is 4.98 Å². The number of methoxy groups -OCH3 is 1. The van der Waals surface area contributed by atoms with Crippen molar-refractivity contribution in [2.24, 2.45) is 5.73 Å². The second kappa shape index (κ2) is 6.42. The maximum absolute atomic E-state index is 12.4. The molecule has 1 aromatic heterocycles. The van der Waals surface area contributed by atoms with Crippen LogP contribution in [0.3, 0.4) is 0 Å². The number of halogens is 3. The quantitative estimate of drug-likeness (QED) is 0.831. The third-order valence-electron chi connectivity index (χ3n) is 2.19. The Bertz CT molecular complexity index is 491. The van der Waals surface area contributed by atoms with Crippen LogP contribution in [0.4, 0.5) is 13.2 Å². The number of ether oxygens (including phenoxy) is 3. The summed E-state index contributed by atoms with van der Waals surface area (Å²) in [6.45, 7) is 1.23. The number of nitrogens with zero attached hydrogens (tertiary/aromatic N) is 1. The fourth-order valence-corrected chi connectivity index (χ4v) is 1.44. The summed E-state index contributed by atoms with van der Waals surface area (Å²) in [4.78, 5) is 15.5. The van der Waals surface area contributed by atoms with Crippen LogP contribution in [0.25, 0.3) is 0 Å². The molecule has 0 atom stereocenters. The van der Waals surface area contributed by atoms with E-state index in [0.29, 0.717) is 0 Å². The fourth-order valence-electron chi connectivity index (χ4n) is 1.44. The molecule has 0 radical (unpaired) electrons. The van der Waals surface area contributed by atoms with E-state index in [1.165, 1.54) is 6.92 Å². The van der Waals surface area contributed by atoms with Crippen molar-refractivity contribution >= 4 is 5.97 Å². The Balaban J connectivity index is 3.43. The van der Waals surface area contributed by atoms with E-state index in [4.69, 9.17) is 10.5 Å². The maximum atomic E-state index is 12.4. The average molecular weight is 294 g/mol. The van der Waals surface area contributed by atoms with Gasteiger partial charge in [-0.25, -0.2) is 4.79 Å². The number of pyridine rings is 1. The van der Waals surface area contributed by atoms with Crippen molar-refractivity contribution in [3.8, 4) is 11.5 Å². The predicted octanol–water partition coefficient (Wildman–Crippen LogP) is 1.62. The zero-order valence-corrected chi connectivity index (χ0v) is 10.8. The average Bonchev–Trinajstić information content (AvgIpc) is 2.36. The Kier molecular flexibility index (Phi) is 5.14. The number of hydrogen-bond donors (Lipinski definition) is 1. The molecule has 112 valence electrons. The second-order valence-electron chi connectivity index (χ2n) is 3.45. The number of hydrogen-bond acceptors (Lipinski definition) is 6. The SMILES string of the molecule is CCOC(=O)c1c(CN)ncc(OC)c1OC(F)(F)F. The van der Waals surface area contributed by atoms with Gasteiger partial charge in [-0.2, -0.15) is 0 Å². The molecule has 20 heavy (non-hydrogen) atoms. The molecular formula is C11H13F3N2O4. The maximum Gasteiger partial charge on any atom is 0.573 e. The lowest BCUT2D eigenvalue weighted by molar-refractivity contribution is -0.275. The molecule has 1 rings (SSSR count). The molecule has 1 heterocycles. The largest absolute Gasteiger partial charge is 0.573 e. The van der Waals surface area contributed by atoms with Gasteiger partial charge in [0, 0.05) is 6.54 Å². The molecule has 9 heteroatoms. The molecule has 0 saturated carbocycles. The minimum absolute atomic E-state index is 0.0223. The van der Waals surface area contributed by atoms with Gasteiger partial charge >= 0.3 is 12.3 Å². The summed E-state index contributed by atoms with van der Waals surface area (Å²) in [7, 11) is 1.12. The van der Waals surface area contributed by atoms with Gasteiger partial charge in [0.25, 0.3) is 0 Å². The fraction of sp³-hybridized carbons (Fsp3) is 0.455. The van der Waals surface area contributed by atoms with Gasteiger partial charge in [0.2, 0.25) is 0 Å². The first kappa shape index (κ1) is 16.0. The first-order valence-electron chi connectivity index (χ1n) is 5.52. The highest BCUT2D eigenvalue weighted by Gasteiger charge is 2.36. The standard InChI is InChI=1S/C11H13F3N2O4/c1-3-19-10(17)8-6(4-15)16-5-7(18-2)9(8)20-11(12,13)14/h5H,3-4,15H2,1-2H3. The Morgan fingerprint density at radius 2 is 2.10 bits per heavy atom. The van der Waals surface area contributed by atoms with E-state index in [1.807, 2.05) is 0 Å². The highest BCUT2D eigenvalue weighted by molar-refractivity contribution is 5.94. The molecule has 0 aliphatic carbocycles. The molecular weight excluding hydrogens is 281 g/mol. The van der Waals surface area contributed by atoms with Crippen LogP contribution in [0.5, 0.6) is 11.5 Å². The van der Waals surface area contributed by atoms with Crippen LogP contribution in [-0.4, -0.2) is 31.0 Å². The van der Waals surface area contributed by atoms with Crippen molar-refractivity contribution < 1.29 is 32.2 Å². The summed E-state index contributed by atoms with van der Waals surface area (Å²) in [5.74, 6) is -2.17. The Labute approximate surface area is 112 Å². The molecule has 0 unspecified atom stereocenters. The Morgan fingerprint density at radius 3 is 2.55 bits per heavy atom. The monoisotopic (exact) mass is 294 g/mol. The molecule has 0 aliphatic rings. The van der Waals surface area contributed by atoms with E-state index in [2.05, 4.69) is 14.5 Å². The number of rotatable bonds is 5. The molecule has 0 fully saturated rings. The van der Waals surface area contributed by atoms with Crippen molar-refractivity contribution in [1.29, 1.82) is 0 Å². The molecule has 0 aromatic carbocycles. The number of aromatic nitrogens is 1. The van der Waals surface area contributed by atoms with Gasteiger partial charge in [0.1, 0.15) is 5.56 Å². The van der Waals surface area contributed by atoms with Gasteiger partial charge in [-0.1, -0.05) is 0 Å². The van der Waals surface area contributed by atoms with Crippen LogP contribution in [0, 0.1) is 0 Å². The zero-order valence-electron chi connectivity index (χ0n) is 10.8. The molecule has 0 aliphatic heterocycles. The van der Waals surface area contributed by atoms with Crippen LogP contribution < -0.4 is 15.2 Å². The van der Waals surface area contributed by atoms with Gasteiger partial charge in [0.05, 0.1) is 25.6 Å². The normalized spacial score (nSPS) is 11.1. The number of carbonyl (C=O) groups is 1. The Hall–Kier alpha value is -2.03. The molecule has 0 amide bonds. The van der Waals surface area contributed by atoms with Crippen LogP contribution in [0.1, 0.15) is 23.0 Å². The molecule has 6 nitrogen and oxygen atoms in total. The molecule has 1 aromatic rings. The van der Waals surface area contributed by atoms with Crippen molar-refractivity contribution in [1.82, 2.24) is 4.98 Å². The first-order valence-corrected chi connectivity index (χ1v) is 5.52. The van der Waals surface area contributed by atoms with Gasteiger partial charge in [0.15, 0.2) is 11.5 Å². The lowest BCUT2D eigenvalue weighted by Gasteiger charge is -2.17. The zero-order chi connectivity index (χ0) is 15.3. The van der Waals surface area contributed by atoms with Crippen molar-refractivity contribution in [3.05, 3.63) is 17.5 Å². The van der Waals surface area contributed by atoms with Gasteiger partial charge in [-0.05, 0) is 6.92 Å². The van der Waals surface area contributed by atoms with E-state index < -0.39 is 23.6 Å². The lowest BCUT2D eigenvalue weighted by Crippen LogP contribution is -2.22. The summed E-state index contributed by atoms with van der Waals surface area (Å²) in [5, 5.41) is 0. The first-order chi connectivity index (χ1) is 9.34. The second-order valence-corrected chi connectivity index (χ2v) is 3.45. The highest BCUT2D eigenvalue weighted by Crippen LogP contribution is 2.36. The van der Waals surface area contributed by atoms with E-state index in [-0.39, 0.29) is 24.6 Å². The molecule has 0 saturated heterocycles. The van der Waals surface area contributed by atoms with E-state index >= 15 is 0 Å². The number of carbonyl (C=O) groups excluding carboxylic acids is 1. The third kappa shape index (κ3) is 3.73. The summed E-state index contributed by atoms with van der Waals surface area (Å²) in [6, 6.07) is 0. The van der Waals surface area contributed by atoms with Crippen molar-refractivity contribution in [2.75, 3.05) is 13.7 Å². The number of esters is 1. The summed E-state index contributed by atoms with van der Waals surface area (Å²) in [5.41, 5.74) is 4.79. The van der Waals surface area contributed by atoms with E-state index in [0.717, 1.165) is 13.3 Å². The summed E-state index contributed by atoms with van der Waals surface area (Å²) < 4.78 is 50.6. The topological polar surface area (TPSA) is 83.7 Å². The minimum Gasteiger partial charge on any atom is -0.491 e.